The molecular formula is C12H24N4O3SSi. The third-order valence-electron chi connectivity index (χ3n) is 2.88. The largest absolute Gasteiger partial charge is 0.500 e. The average Bonchev–Trinajstić information content (AvgIpc) is 2.44. The molecule has 0 aliphatic heterocycles. The van der Waals surface area contributed by atoms with Gasteiger partial charge in [0.05, 0.1) is 11.4 Å². The number of hydrogen-bond donors (Lipinski definition) is 2. The van der Waals surface area contributed by atoms with Crippen molar-refractivity contribution in [1.29, 1.82) is 0 Å². The van der Waals surface area contributed by atoms with E-state index in [2.05, 4.69) is 15.4 Å². The van der Waals surface area contributed by atoms with E-state index in [4.69, 9.17) is 31.2 Å². The normalized spacial score (nSPS) is 11.8. The Bertz CT molecular complexity index is 469. The lowest BCUT2D eigenvalue weighted by Crippen LogP contribution is -2.46. The summed E-state index contributed by atoms with van der Waals surface area (Å²) >= 11 is 5.01. The zero-order chi connectivity index (χ0) is 15.7. The van der Waals surface area contributed by atoms with Gasteiger partial charge in [0, 0.05) is 25.9 Å². The molecule has 1 aromatic rings. The first-order chi connectivity index (χ1) is 10.1. The van der Waals surface area contributed by atoms with E-state index >= 15 is 0 Å². The fourth-order valence-corrected chi connectivity index (χ4v) is 4.82. The molecule has 9 heteroatoms. The number of hydrogen-bond acceptors (Lipinski definition) is 7. The number of H-pyrrole nitrogens is 1. The number of rotatable bonds is 10. The van der Waals surface area contributed by atoms with Gasteiger partial charge in [0.15, 0.2) is 4.64 Å². The Labute approximate surface area is 131 Å². The number of aromatic nitrogens is 3. The minimum Gasteiger partial charge on any atom is -0.395 e. The second kappa shape index (κ2) is 9.21. The van der Waals surface area contributed by atoms with Crippen LogP contribution in [0.5, 0.6) is 0 Å². The first-order valence-electron chi connectivity index (χ1n) is 7.20. The smallest absolute Gasteiger partial charge is 0.395 e. The number of aryl methyl sites for hydroxylation is 1. The molecule has 0 aromatic carbocycles. The Hall–Kier alpha value is -0.873. The summed E-state index contributed by atoms with van der Waals surface area (Å²) in [6.07, 6.45) is 1.51. The minimum atomic E-state index is -2.60. The van der Waals surface area contributed by atoms with Crippen LogP contribution in [-0.2, 0) is 19.7 Å². The molecule has 0 unspecified atom stereocenters. The molecule has 120 valence electrons. The van der Waals surface area contributed by atoms with Crippen LogP contribution < -0.4 is 5.73 Å². The van der Waals surface area contributed by atoms with Crippen LogP contribution in [0.2, 0.25) is 6.04 Å². The molecule has 0 saturated carbocycles. The number of anilines is 1. The molecule has 1 rings (SSSR count). The van der Waals surface area contributed by atoms with Gasteiger partial charge in [-0.1, -0.05) is 17.4 Å². The molecule has 7 nitrogen and oxygen atoms in total. The number of nitrogens with one attached hydrogen (secondary N) is 1. The Balaban J connectivity index is 2.68. The standard InChI is InChI=1S/C12H24N4O3SSi/c1-4-17-21(18-5-2,19-6-3)9-7-8-10-11(13)12(20)15-16-14-10/h4-9H2,1-3H3,(H2,13,16)(H,14,15,20). The fourth-order valence-electron chi connectivity index (χ4n) is 2.05. The van der Waals surface area contributed by atoms with Crippen molar-refractivity contribution in [2.24, 2.45) is 0 Å². The summed E-state index contributed by atoms with van der Waals surface area (Å²) in [5, 5.41) is 10.2. The van der Waals surface area contributed by atoms with Crippen molar-refractivity contribution >= 4 is 26.7 Å². The lowest BCUT2D eigenvalue weighted by atomic mass is 10.2. The Morgan fingerprint density at radius 2 is 1.71 bits per heavy atom. The van der Waals surface area contributed by atoms with Crippen LogP contribution in [0.15, 0.2) is 0 Å². The van der Waals surface area contributed by atoms with E-state index in [9.17, 15) is 0 Å². The lowest BCUT2D eigenvalue weighted by molar-refractivity contribution is 0.0708. The van der Waals surface area contributed by atoms with Gasteiger partial charge in [-0.05, 0) is 33.6 Å². The third kappa shape index (κ3) is 5.44. The molecule has 0 aliphatic rings. The molecule has 0 radical (unpaired) electrons. The summed E-state index contributed by atoms with van der Waals surface area (Å²) in [4.78, 5) is 0. The average molecular weight is 333 g/mol. The Morgan fingerprint density at radius 3 is 2.24 bits per heavy atom. The summed E-state index contributed by atoms with van der Waals surface area (Å²) in [5.41, 5.74) is 7.16. The highest BCUT2D eigenvalue weighted by Gasteiger charge is 2.39. The predicted octanol–water partition coefficient (Wildman–Crippen LogP) is 2.10. The highest BCUT2D eigenvalue weighted by Crippen LogP contribution is 2.20. The van der Waals surface area contributed by atoms with Gasteiger partial charge in [0.1, 0.15) is 0 Å². The van der Waals surface area contributed by atoms with Crippen molar-refractivity contribution in [3.63, 3.8) is 0 Å². The third-order valence-corrected chi connectivity index (χ3v) is 6.34. The monoisotopic (exact) mass is 332 g/mol. The zero-order valence-electron chi connectivity index (χ0n) is 12.8. The van der Waals surface area contributed by atoms with E-state index in [1.807, 2.05) is 20.8 Å². The van der Waals surface area contributed by atoms with Gasteiger partial charge < -0.3 is 19.0 Å². The maximum Gasteiger partial charge on any atom is 0.500 e. The van der Waals surface area contributed by atoms with Crippen LogP contribution in [0.3, 0.4) is 0 Å². The van der Waals surface area contributed by atoms with Crippen molar-refractivity contribution in [3.8, 4) is 0 Å². The van der Waals surface area contributed by atoms with Gasteiger partial charge in [-0.2, -0.15) is 0 Å². The quantitative estimate of drug-likeness (QED) is 0.500. The van der Waals surface area contributed by atoms with E-state index in [1.165, 1.54) is 0 Å². The zero-order valence-corrected chi connectivity index (χ0v) is 14.7. The highest BCUT2D eigenvalue weighted by molar-refractivity contribution is 7.71. The molecule has 1 heterocycles. The van der Waals surface area contributed by atoms with Crippen molar-refractivity contribution in [3.05, 3.63) is 10.3 Å². The van der Waals surface area contributed by atoms with E-state index < -0.39 is 8.80 Å². The van der Waals surface area contributed by atoms with Gasteiger partial charge in [0.25, 0.3) is 0 Å². The molecule has 3 N–H and O–H groups in total. The first kappa shape index (κ1) is 18.2. The molecule has 0 bridgehead atoms. The van der Waals surface area contributed by atoms with Crippen LogP contribution >= 0.6 is 12.2 Å². The van der Waals surface area contributed by atoms with Crippen molar-refractivity contribution < 1.29 is 13.3 Å². The van der Waals surface area contributed by atoms with Crippen molar-refractivity contribution in [1.82, 2.24) is 15.4 Å². The van der Waals surface area contributed by atoms with E-state index in [0.717, 1.165) is 18.2 Å². The second-order valence-corrected chi connectivity index (χ2v) is 7.46. The van der Waals surface area contributed by atoms with Crippen LogP contribution in [0.25, 0.3) is 0 Å². The Kier molecular flexibility index (Phi) is 7.97. The number of nitrogens with zero attached hydrogens (tertiary/aromatic N) is 2. The highest BCUT2D eigenvalue weighted by atomic mass is 32.1. The summed E-state index contributed by atoms with van der Waals surface area (Å²) in [6.45, 7) is 7.57. The number of nitrogens with two attached hydrogens (primary N) is 1. The van der Waals surface area contributed by atoms with E-state index in [0.29, 0.717) is 36.6 Å². The summed E-state index contributed by atoms with van der Waals surface area (Å²) < 4.78 is 17.7. The SMILES string of the molecule is CCO[Si](CCCc1[nH]nnc(=S)c1N)(OCC)OCC. The van der Waals surface area contributed by atoms with Gasteiger partial charge in [-0.25, -0.2) is 0 Å². The van der Waals surface area contributed by atoms with Gasteiger partial charge in [-0.15, -0.1) is 5.10 Å². The van der Waals surface area contributed by atoms with Gasteiger partial charge >= 0.3 is 8.80 Å². The minimum absolute atomic E-state index is 0.326. The van der Waals surface area contributed by atoms with Crippen molar-refractivity contribution in [2.45, 2.75) is 39.7 Å². The predicted molar refractivity (Wildman–Crippen MR) is 85.4 cm³/mol. The summed E-state index contributed by atoms with van der Waals surface area (Å²) in [7, 11) is -2.60. The molecule has 21 heavy (non-hydrogen) atoms. The Morgan fingerprint density at radius 1 is 1.14 bits per heavy atom. The lowest BCUT2D eigenvalue weighted by Gasteiger charge is -2.28. The van der Waals surface area contributed by atoms with E-state index in [-0.39, 0.29) is 0 Å². The van der Waals surface area contributed by atoms with Gasteiger partial charge in [0.2, 0.25) is 0 Å². The topological polar surface area (TPSA) is 95.3 Å². The molecule has 0 saturated heterocycles. The number of aromatic amines is 1. The van der Waals surface area contributed by atoms with Crippen LogP contribution in [0, 0.1) is 4.64 Å². The number of nitrogen functional groups attached to an aromatic ring is 1. The molecule has 0 fully saturated rings. The van der Waals surface area contributed by atoms with Crippen LogP contribution in [-0.4, -0.2) is 44.0 Å². The molecule has 0 amide bonds. The van der Waals surface area contributed by atoms with Crippen LogP contribution in [0.4, 0.5) is 5.69 Å². The van der Waals surface area contributed by atoms with E-state index in [1.54, 1.807) is 0 Å². The maximum atomic E-state index is 5.89. The summed E-state index contributed by atoms with van der Waals surface area (Å²) in [5.74, 6) is 0. The van der Waals surface area contributed by atoms with Gasteiger partial charge in [-0.3, -0.25) is 5.10 Å². The molecule has 0 spiro atoms. The van der Waals surface area contributed by atoms with Crippen LogP contribution in [0.1, 0.15) is 32.9 Å². The molecule has 1 aromatic heterocycles. The van der Waals surface area contributed by atoms with Crippen molar-refractivity contribution in [2.75, 3.05) is 25.6 Å². The molecule has 0 aliphatic carbocycles. The molecular weight excluding hydrogens is 308 g/mol. The molecule has 0 atom stereocenters. The second-order valence-electron chi connectivity index (χ2n) is 4.34. The summed E-state index contributed by atoms with van der Waals surface area (Å²) in [6, 6.07) is 0.727. The first-order valence-corrected chi connectivity index (χ1v) is 9.54. The fraction of sp³-hybridized carbons (Fsp3) is 0.750. The maximum absolute atomic E-state index is 5.89.